The van der Waals surface area contributed by atoms with Crippen molar-refractivity contribution in [3.05, 3.63) is 35.8 Å². The number of nitrogen functional groups attached to an aromatic ring is 1. The highest BCUT2D eigenvalue weighted by Crippen LogP contribution is 2.36. The molecule has 0 bridgehead atoms. The zero-order chi connectivity index (χ0) is 21.2. The number of nitrogens with one attached hydrogen (secondary N) is 2. The minimum Gasteiger partial charge on any atom is -0.368 e. The number of anilines is 3. The van der Waals surface area contributed by atoms with Crippen LogP contribution in [-0.4, -0.2) is 32.6 Å². The molecule has 2 fully saturated rings. The number of piperidine rings is 1. The lowest BCUT2D eigenvalue weighted by atomic mass is 9.86. The van der Waals surface area contributed by atoms with E-state index in [0.717, 1.165) is 62.2 Å². The van der Waals surface area contributed by atoms with Gasteiger partial charge in [0, 0.05) is 12.5 Å². The number of para-hydroxylation sites is 1. The van der Waals surface area contributed by atoms with Crippen molar-refractivity contribution in [2.24, 2.45) is 5.92 Å². The van der Waals surface area contributed by atoms with Gasteiger partial charge in [0.1, 0.15) is 11.3 Å². The lowest BCUT2D eigenvalue weighted by molar-refractivity contribution is 0.337. The van der Waals surface area contributed by atoms with Gasteiger partial charge < -0.3 is 16.4 Å². The predicted molar refractivity (Wildman–Crippen MR) is 121 cm³/mol. The van der Waals surface area contributed by atoms with Gasteiger partial charge in [0.15, 0.2) is 5.65 Å². The first-order chi connectivity index (χ1) is 15.2. The number of aromatic nitrogens is 4. The predicted octanol–water partition coefficient (Wildman–Crippen LogP) is 4.34. The van der Waals surface area contributed by atoms with Gasteiger partial charge in [0.2, 0.25) is 11.9 Å². The van der Waals surface area contributed by atoms with E-state index < -0.39 is 0 Å². The van der Waals surface area contributed by atoms with Gasteiger partial charge in [-0.1, -0.05) is 31.4 Å². The fourth-order valence-corrected chi connectivity index (χ4v) is 4.97. The summed E-state index contributed by atoms with van der Waals surface area (Å²) in [5.41, 5.74) is 9.07. The van der Waals surface area contributed by atoms with E-state index in [1.54, 1.807) is 12.1 Å². The fourth-order valence-electron chi connectivity index (χ4n) is 4.97. The van der Waals surface area contributed by atoms with E-state index in [2.05, 4.69) is 25.2 Å². The molecule has 7 nitrogen and oxygen atoms in total. The summed E-state index contributed by atoms with van der Waals surface area (Å²) in [7, 11) is 0. The zero-order valence-corrected chi connectivity index (χ0v) is 17.8. The molecular formula is C23H30FN7. The number of hydrogen-bond acceptors (Lipinski definition) is 6. The van der Waals surface area contributed by atoms with Crippen molar-refractivity contribution in [3.63, 3.8) is 0 Å². The average molecular weight is 424 g/mol. The lowest BCUT2D eigenvalue weighted by Crippen LogP contribution is -2.30. The third-order valence-electron chi connectivity index (χ3n) is 6.65. The Hall–Kier alpha value is -2.74. The molecule has 2 aliphatic rings. The van der Waals surface area contributed by atoms with Gasteiger partial charge in [-0.2, -0.15) is 4.98 Å². The third-order valence-corrected chi connectivity index (χ3v) is 6.65. The third kappa shape index (κ3) is 4.21. The smallest absolute Gasteiger partial charge is 0.222 e. The molecule has 2 aromatic heterocycles. The van der Waals surface area contributed by atoms with Crippen molar-refractivity contribution < 1.29 is 4.39 Å². The molecule has 1 aliphatic carbocycles. The first kappa shape index (κ1) is 20.2. The highest BCUT2D eigenvalue weighted by atomic mass is 19.1. The van der Waals surface area contributed by atoms with Gasteiger partial charge in [-0.25, -0.2) is 14.4 Å². The standard InChI is InChI=1S/C23H30FN7/c24-17-8-4-5-9-18(17)27-23-29-20-19(16-6-2-1-3-7-16)28-22(25)30-21(20)31(23)14-15-10-12-26-13-11-15/h4-5,8-9,15-16,26H,1-3,6-7,10-14H2,(H,27,29)(H2,25,28,30). The number of fused-ring (bicyclic) bond motifs is 1. The summed E-state index contributed by atoms with van der Waals surface area (Å²) in [5.74, 6) is 1.45. The molecule has 0 amide bonds. The second-order valence-corrected chi connectivity index (χ2v) is 8.82. The Morgan fingerprint density at radius 1 is 1.03 bits per heavy atom. The Kier molecular flexibility index (Phi) is 5.72. The van der Waals surface area contributed by atoms with Crippen LogP contribution in [-0.2, 0) is 6.54 Å². The lowest BCUT2D eigenvalue weighted by Gasteiger charge is -2.24. The van der Waals surface area contributed by atoms with E-state index in [-0.39, 0.29) is 11.8 Å². The number of imidazole rings is 1. The molecule has 0 spiro atoms. The SMILES string of the molecule is Nc1nc(C2CCCCC2)c2nc(Nc3ccccc3F)n(CC3CCNCC3)c2n1. The molecule has 3 aromatic rings. The van der Waals surface area contributed by atoms with Crippen molar-refractivity contribution in [1.29, 1.82) is 0 Å². The number of rotatable bonds is 5. The molecule has 4 N–H and O–H groups in total. The van der Waals surface area contributed by atoms with Crippen molar-refractivity contribution in [2.75, 3.05) is 24.1 Å². The Labute approximate surface area is 181 Å². The molecule has 0 atom stereocenters. The van der Waals surface area contributed by atoms with Crippen LogP contribution in [0.15, 0.2) is 24.3 Å². The first-order valence-electron chi connectivity index (χ1n) is 11.4. The quantitative estimate of drug-likeness (QED) is 0.565. The van der Waals surface area contributed by atoms with E-state index in [9.17, 15) is 4.39 Å². The monoisotopic (exact) mass is 423 g/mol. The van der Waals surface area contributed by atoms with Crippen LogP contribution in [0.4, 0.5) is 22.0 Å². The summed E-state index contributed by atoms with van der Waals surface area (Å²) in [6.45, 7) is 2.80. The summed E-state index contributed by atoms with van der Waals surface area (Å²) >= 11 is 0. The van der Waals surface area contributed by atoms with Crippen LogP contribution in [0.2, 0.25) is 0 Å². The molecule has 1 aliphatic heterocycles. The molecular weight excluding hydrogens is 393 g/mol. The Bertz CT molecular complexity index is 1050. The van der Waals surface area contributed by atoms with Crippen LogP contribution in [0, 0.1) is 11.7 Å². The number of nitrogens with zero attached hydrogens (tertiary/aromatic N) is 4. The Balaban J connectivity index is 1.60. The van der Waals surface area contributed by atoms with Crippen molar-refractivity contribution in [1.82, 2.24) is 24.8 Å². The minimum atomic E-state index is -0.305. The summed E-state index contributed by atoms with van der Waals surface area (Å²) in [4.78, 5) is 14.1. The van der Waals surface area contributed by atoms with E-state index >= 15 is 0 Å². The van der Waals surface area contributed by atoms with E-state index in [1.165, 1.54) is 25.3 Å². The normalized spacial score (nSPS) is 18.5. The summed E-state index contributed by atoms with van der Waals surface area (Å²) in [6, 6.07) is 6.68. The molecule has 164 valence electrons. The number of halogens is 1. The molecule has 1 saturated carbocycles. The van der Waals surface area contributed by atoms with Gasteiger partial charge in [-0.05, 0) is 56.8 Å². The van der Waals surface area contributed by atoms with Gasteiger partial charge in [-0.3, -0.25) is 4.57 Å². The van der Waals surface area contributed by atoms with Crippen LogP contribution >= 0.6 is 0 Å². The number of hydrogen-bond donors (Lipinski definition) is 3. The van der Waals surface area contributed by atoms with Crippen LogP contribution in [0.25, 0.3) is 11.2 Å². The van der Waals surface area contributed by atoms with Crippen molar-refractivity contribution in [3.8, 4) is 0 Å². The molecule has 0 unspecified atom stereocenters. The molecule has 0 radical (unpaired) electrons. The van der Waals surface area contributed by atoms with E-state index in [4.69, 9.17) is 10.7 Å². The van der Waals surface area contributed by atoms with Crippen LogP contribution in [0.1, 0.15) is 56.6 Å². The summed E-state index contributed by atoms with van der Waals surface area (Å²) in [5, 5.41) is 6.64. The molecule has 3 heterocycles. The fraction of sp³-hybridized carbons (Fsp3) is 0.522. The summed E-state index contributed by atoms with van der Waals surface area (Å²) in [6.07, 6.45) is 8.05. The van der Waals surface area contributed by atoms with Gasteiger partial charge in [-0.15, -0.1) is 0 Å². The number of nitrogens with two attached hydrogens (primary N) is 1. The van der Waals surface area contributed by atoms with Crippen LogP contribution < -0.4 is 16.4 Å². The van der Waals surface area contributed by atoms with Gasteiger partial charge in [0.05, 0.1) is 11.4 Å². The zero-order valence-electron chi connectivity index (χ0n) is 17.8. The minimum absolute atomic E-state index is 0.289. The topological polar surface area (TPSA) is 93.7 Å². The molecule has 1 saturated heterocycles. The van der Waals surface area contributed by atoms with Crippen molar-refractivity contribution in [2.45, 2.75) is 57.4 Å². The maximum Gasteiger partial charge on any atom is 0.222 e. The highest BCUT2D eigenvalue weighted by Gasteiger charge is 2.26. The summed E-state index contributed by atoms with van der Waals surface area (Å²) < 4.78 is 16.5. The number of benzene rings is 1. The second kappa shape index (κ2) is 8.78. The maximum absolute atomic E-state index is 14.4. The van der Waals surface area contributed by atoms with Gasteiger partial charge >= 0.3 is 0 Å². The van der Waals surface area contributed by atoms with Crippen LogP contribution in [0.3, 0.4) is 0 Å². The largest absolute Gasteiger partial charge is 0.368 e. The molecule has 5 rings (SSSR count). The molecule has 8 heteroatoms. The average Bonchev–Trinajstić information content (AvgIpc) is 3.13. The van der Waals surface area contributed by atoms with Crippen LogP contribution in [0.5, 0.6) is 0 Å². The van der Waals surface area contributed by atoms with E-state index in [0.29, 0.717) is 23.5 Å². The highest BCUT2D eigenvalue weighted by molar-refractivity contribution is 5.80. The second-order valence-electron chi connectivity index (χ2n) is 8.82. The van der Waals surface area contributed by atoms with E-state index in [1.807, 2.05) is 6.07 Å². The Morgan fingerprint density at radius 2 is 1.81 bits per heavy atom. The first-order valence-corrected chi connectivity index (χ1v) is 11.4. The van der Waals surface area contributed by atoms with Gasteiger partial charge in [0.25, 0.3) is 0 Å². The maximum atomic E-state index is 14.4. The Morgan fingerprint density at radius 3 is 2.58 bits per heavy atom. The molecule has 31 heavy (non-hydrogen) atoms. The molecule has 1 aromatic carbocycles. The van der Waals surface area contributed by atoms with Crippen molar-refractivity contribution >= 4 is 28.7 Å².